The van der Waals surface area contributed by atoms with Crippen LogP contribution in [0.5, 0.6) is 0 Å². The lowest BCUT2D eigenvalue weighted by molar-refractivity contribution is 0.533. The summed E-state index contributed by atoms with van der Waals surface area (Å²) in [6, 6.07) is 10.2. The van der Waals surface area contributed by atoms with Crippen LogP contribution in [-0.2, 0) is 0 Å². The van der Waals surface area contributed by atoms with E-state index in [1.807, 2.05) is 24.4 Å². The molecule has 2 aliphatic rings. The number of nitriles is 1. The molecule has 23 heavy (non-hydrogen) atoms. The SMILES string of the molecule is N#Cc1ncccc1N1CC2CN(c3ccc(Br)cn3)CC2C1. The van der Waals surface area contributed by atoms with Gasteiger partial charge in [0, 0.05) is 54.9 Å². The molecular weight excluding hydrogens is 354 g/mol. The Hall–Kier alpha value is -2.13. The minimum absolute atomic E-state index is 0.527. The number of hydrogen-bond donors (Lipinski definition) is 0. The van der Waals surface area contributed by atoms with Crippen molar-refractivity contribution in [3.8, 4) is 6.07 Å². The van der Waals surface area contributed by atoms with Crippen LogP contribution in [0.15, 0.2) is 41.1 Å². The fraction of sp³-hybridized carbons (Fsp3) is 0.353. The predicted octanol–water partition coefficient (Wildman–Crippen LogP) is 2.68. The average molecular weight is 370 g/mol. The minimum Gasteiger partial charge on any atom is -0.368 e. The Morgan fingerprint density at radius 3 is 2.43 bits per heavy atom. The smallest absolute Gasteiger partial charge is 0.163 e. The summed E-state index contributed by atoms with van der Waals surface area (Å²) in [5, 5.41) is 9.24. The summed E-state index contributed by atoms with van der Waals surface area (Å²) >= 11 is 3.43. The zero-order valence-corrected chi connectivity index (χ0v) is 14.1. The van der Waals surface area contributed by atoms with Gasteiger partial charge in [-0.25, -0.2) is 9.97 Å². The molecule has 4 heterocycles. The van der Waals surface area contributed by atoms with Crippen molar-refractivity contribution in [3.05, 3.63) is 46.8 Å². The third-order valence-electron chi connectivity index (χ3n) is 4.76. The number of aromatic nitrogens is 2. The number of anilines is 2. The van der Waals surface area contributed by atoms with Gasteiger partial charge in [0.15, 0.2) is 5.69 Å². The van der Waals surface area contributed by atoms with Crippen molar-refractivity contribution < 1.29 is 0 Å². The molecule has 0 spiro atoms. The second-order valence-corrected chi connectivity index (χ2v) is 7.06. The first-order valence-corrected chi connectivity index (χ1v) is 8.50. The fourth-order valence-corrected chi connectivity index (χ4v) is 3.90. The van der Waals surface area contributed by atoms with Crippen molar-refractivity contribution >= 4 is 27.4 Å². The van der Waals surface area contributed by atoms with Crippen LogP contribution in [0.3, 0.4) is 0 Å². The van der Waals surface area contributed by atoms with Gasteiger partial charge in [-0.1, -0.05) is 0 Å². The molecule has 116 valence electrons. The quantitative estimate of drug-likeness (QED) is 0.814. The summed E-state index contributed by atoms with van der Waals surface area (Å²) < 4.78 is 1.01. The number of rotatable bonds is 2. The summed E-state index contributed by atoms with van der Waals surface area (Å²) in [5.74, 6) is 2.28. The van der Waals surface area contributed by atoms with Crippen molar-refractivity contribution in [2.45, 2.75) is 0 Å². The van der Waals surface area contributed by atoms with Crippen LogP contribution >= 0.6 is 15.9 Å². The minimum atomic E-state index is 0.527. The largest absolute Gasteiger partial charge is 0.368 e. The standard InChI is InChI=1S/C17H16BrN5/c18-14-3-4-17(21-7-14)23-10-12-8-22(9-13(12)11-23)16-2-1-5-20-15(16)6-19/h1-5,7,12-13H,8-11H2. The first-order chi connectivity index (χ1) is 11.2. The maximum absolute atomic E-state index is 9.24. The molecule has 6 heteroatoms. The number of nitrogens with zero attached hydrogens (tertiary/aromatic N) is 5. The highest BCUT2D eigenvalue weighted by Crippen LogP contribution is 2.36. The summed E-state index contributed by atoms with van der Waals surface area (Å²) in [6.07, 6.45) is 3.53. The molecule has 2 aliphatic heterocycles. The highest BCUT2D eigenvalue weighted by atomic mass is 79.9. The molecule has 0 radical (unpaired) electrons. The Kier molecular flexibility index (Phi) is 3.66. The molecule has 0 N–H and O–H groups in total. The summed E-state index contributed by atoms with van der Waals surface area (Å²) in [7, 11) is 0. The number of halogens is 1. The van der Waals surface area contributed by atoms with E-state index in [2.05, 4.69) is 47.8 Å². The molecule has 5 nitrogen and oxygen atoms in total. The second-order valence-electron chi connectivity index (χ2n) is 6.15. The van der Waals surface area contributed by atoms with Gasteiger partial charge in [0.05, 0.1) is 5.69 Å². The molecule has 2 atom stereocenters. The van der Waals surface area contributed by atoms with Crippen LogP contribution in [0.25, 0.3) is 0 Å². The summed E-state index contributed by atoms with van der Waals surface area (Å²) in [6.45, 7) is 4.02. The number of fused-ring (bicyclic) bond motifs is 1. The summed E-state index contributed by atoms with van der Waals surface area (Å²) in [5.41, 5.74) is 1.50. The van der Waals surface area contributed by atoms with E-state index in [4.69, 9.17) is 0 Å². The molecule has 0 saturated carbocycles. The van der Waals surface area contributed by atoms with Crippen molar-refractivity contribution in [3.63, 3.8) is 0 Å². The lowest BCUT2D eigenvalue weighted by Crippen LogP contribution is -2.29. The normalized spacial score (nSPS) is 23.0. The van der Waals surface area contributed by atoms with Crippen LogP contribution in [0.4, 0.5) is 11.5 Å². The fourth-order valence-electron chi connectivity index (χ4n) is 3.67. The van der Waals surface area contributed by atoms with Crippen LogP contribution in [0.2, 0.25) is 0 Å². The van der Waals surface area contributed by atoms with Crippen molar-refractivity contribution in [1.29, 1.82) is 5.26 Å². The van der Waals surface area contributed by atoms with Crippen molar-refractivity contribution in [2.75, 3.05) is 36.0 Å². The Morgan fingerprint density at radius 1 is 1.04 bits per heavy atom. The van der Waals surface area contributed by atoms with Gasteiger partial charge >= 0.3 is 0 Å². The van der Waals surface area contributed by atoms with Crippen molar-refractivity contribution in [2.24, 2.45) is 11.8 Å². The molecule has 0 aromatic carbocycles. The molecule has 4 rings (SSSR count). The molecule has 2 saturated heterocycles. The maximum atomic E-state index is 9.24. The lowest BCUT2D eigenvalue weighted by atomic mass is 10.0. The molecular formula is C17H16BrN5. The molecule has 2 unspecified atom stereocenters. The van der Waals surface area contributed by atoms with Gasteiger partial charge in [-0.3, -0.25) is 0 Å². The second kappa shape index (κ2) is 5.82. The maximum Gasteiger partial charge on any atom is 0.163 e. The molecule has 2 fully saturated rings. The number of pyridine rings is 2. The highest BCUT2D eigenvalue weighted by molar-refractivity contribution is 9.10. The van der Waals surface area contributed by atoms with Gasteiger partial charge in [-0.15, -0.1) is 0 Å². The molecule has 2 aromatic heterocycles. The molecule has 0 bridgehead atoms. The van der Waals surface area contributed by atoms with Crippen LogP contribution in [-0.4, -0.2) is 36.1 Å². The Balaban J connectivity index is 1.48. The third kappa shape index (κ3) is 2.66. The topological polar surface area (TPSA) is 56.1 Å². The van der Waals surface area contributed by atoms with E-state index in [1.165, 1.54) is 0 Å². The summed E-state index contributed by atoms with van der Waals surface area (Å²) in [4.78, 5) is 13.4. The zero-order chi connectivity index (χ0) is 15.8. The average Bonchev–Trinajstić information content (AvgIpc) is 3.14. The first kappa shape index (κ1) is 14.5. The molecule has 0 aliphatic carbocycles. The zero-order valence-electron chi connectivity index (χ0n) is 12.6. The van der Waals surface area contributed by atoms with Gasteiger partial charge < -0.3 is 9.80 Å². The number of hydrogen-bond acceptors (Lipinski definition) is 5. The van der Waals surface area contributed by atoms with Gasteiger partial charge in [-0.2, -0.15) is 5.26 Å². The van der Waals surface area contributed by atoms with E-state index in [-0.39, 0.29) is 0 Å². The van der Waals surface area contributed by atoms with E-state index in [9.17, 15) is 5.26 Å². The monoisotopic (exact) mass is 369 g/mol. The van der Waals surface area contributed by atoms with Gasteiger partial charge in [0.1, 0.15) is 11.9 Å². The Bertz CT molecular complexity index is 740. The van der Waals surface area contributed by atoms with Gasteiger partial charge in [0.2, 0.25) is 0 Å². The van der Waals surface area contributed by atoms with Gasteiger partial charge in [0.25, 0.3) is 0 Å². The Morgan fingerprint density at radius 2 is 1.78 bits per heavy atom. The molecule has 0 amide bonds. The van der Waals surface area contributed by atoms with E-state index in [1.54, 1.807) is 6.20 Å². The van der Waals surface area contributed by atoms with Crippen LogP contribution in [0.1, 0.15) is 5.69 Å². The van der Waals surface area contributed by atoms with Crippen LogP contribution < -0.4 is 9.80 Å². The van der Waals surface area contributed by atoms with E-state index >= 15 is 0 Å². The van der Waals surface area contributed by atoms with Crippen molar-refractivity contribution in [1.82, 2.24) is 9.97 Å². The lowest BCUT2D eigenvalue weighted by Gasteiger charge is -2.24. The van der Waals surface area contributed by atoms with Crippen LogP contribution in [0, 0.1) is 23.2 Å². The Labute approximate surface area is 143 Å². The van der Waals surface area contributed by atoms with E-state index in [0.29, 0.717) is 17.5 Å². The predicted molar refractivity (Wildman–Crippen MR) is 92.3 cm³/mol. The third-order valence-corrected chi connectivity index (χ3v) is 5.22. The first-order valence-electron chi connectivity index (χ1n) is 7.71. The molecule has 2 aromatic rings. The van der Waals surface area contributed by atoms with E-state index < -0.39 is 0 Å². The highest BCUT2D eigenvalue weighted by Gasteiger charge is 2.41. The van der Waals surface area contributed by atoms with Gasteiger partial charge in [-0.05, 0) is 40.2 Å². The van der Waals surface area contributed by atoms with E-state index in [0.717, 1.165) is 42.2 Å².